The smallest absolute Gasteiger partial charge is 0.244 e. The highest BCUT2D eigenvalue weighted by atomic mass is 19.1. The van der Waals surface area contributed by atoms with E-state index in [1.165, 1.54) is 42.6 Å². The van der Waals surface area contributed by atoms with Crippen molar-refractivity contribution in [1.29, 1.82) is 0 Å². The number of carbonyl (C=O) groups excluding carboxylic acids is 2. The summed E-state index contributed by atoms with van der Waals surface area (Å²) in [5.74, 6) is -1.07. The zero-order chi connectivity index (χ0) is 22.8. The summed E-state index contributed by atoms with van der Waals surface area (Å²) in [6.07, 6.45) is 5.93. The van der Waals surface area contributed by atoms with E-state index in [1.807, 2.05) is 0 Å². The van der Waals surface area contributed by atoms with Gasteiger partial charge in [0.2, 0.25) is 11.8 Å². The van der Waals surface area contributed by atoms with Crippen LogP contribution in [0.3, 0.4) is 0 Å². The lowest BCUT2D eigenvalue weighted by atomic mass is 10.1. The van der Waals surface area contributed by atoms with Gasteiger partial charge in [-0.3, -0.25) is 14.6 Å². The highest BCUT2D eigenvalue weighted by Crippen LogP contribution is 2.24. The molecule has 0 radical (unpaired) electrons. The van der Waals surface area contributed by atoms with Gasteiger partial charge in [0.25, 0.3) is 0 Å². The molecular weight excluding hydrogens is 416 g/mol. The predicted molar refractivity (Wildman–Crippen MR) is 116 cm³/mol. The van der Waals surface area contributed by atoms with E-state index in [-0.39, 0.29) is 42.9 Å². The summed E-state index contributed by atoms with van der Waals surface area (Å²) in [5.41, 5.74) is 1.18. The number of aromatic nitrogens is 1. The van der Waals surface area contributed by atoms with Crippen molar-refractivity contribution >= 4 is 17.9 Å². The molecule has 0 spiro atoms. The molecule has 3 aromatic rings. The molecule has 1 heterocycles. The van der Waals surface area contributed by atoms with Crippen LogP contribution in [-0.2, 0) is 16.0 Å². The molecule has 32 heavy (non-hydrogen) atoms. The Morgan fingerprint density at radius 2 is 1.78 bits per heavy atom. The number of carbonyl (C=O) groups is 2. The molecule has 0 aliphatic heterocycles. The Kier molecular flexibility index (Phi) is 8.02. The minimum Gasteiger partial charge on any atom is -0.453 e. The number of benzene rings is 2. The third kappa shape index (κ3) is 7.32. The lowest BCUT2D eigenvalue weighted by molar-refractivity contribution is -0.121. The second-order valence-corrected chi connectivity index (χ2v) is 6.76. The Balaban J connectivity index is 1.39. The van der Waals surface area contributed by atoms with Gasteiger partial charge in [-0.25, -0.2) is 8.78 Å². The number of hydrogen-bond donors (Lipinski definition) is 2. The maximum Gasteiger partial charge on any atom is 0.244 e. The summed E-state index contributed by atoms with van der Waals surface area (Å²) in [6.45, 7) is 0.471. The number of halogens is 2. The van der Waals surface area contributed by atoms with Crippen molar-refractivity contribution in [3.8, 4) is 11.5 Å². The van der Waals surface area contributed by atoms with Gasteiger partial charge in [-0.15, -0.1) is 0 Å². The van der Waals surface area contributed by atoms with Crippen LogP contribution in [0.1, 0.15) is 11.1 Å². The molecule has 2 amide bonds. The summed E-state index contributed by atoms with van der Waals surface area (Å²) in [6, 6.07) is 13.4. The first-order valence-corrected chi connectivity index (χ1v) is 9.84. The molecule has 3 rings (SSSR count). The predicted octanol–water partition coefficient (Wildman–Crippen LogP) is 3.64. The van der Waals surface area contributed by atoms with Gasteiger partial charge in [0.15, 0.2) is 11.6 Å². The topological polar surface area (TPSA) is 80.3 Å². The highest BCUT2D eigenvalue weighted by Gasteiger charge is 2.06. The second kappa shape index (κ2) is 11.4. The minimum absolute atomic E-state index is 0.0518. The summed E-state index contributed by atoms with van der Waals surface area (Å²) in [7, 11) is 0. The van der Waals surface area contributed by atoms with Gasteiger partial charge in [-0.2, -0.15) is 0 Å². The molecule has 6 nitrogen and oxygen atoms in total. The highest BCUT2D eigenvalue weighted by molar-refractivity contribution is 5.91. The van der Waals surface area contributed by atoms with E-state index in [1.54, 1.807) is 36.5 Å². The Morgan fingerprint density at radius 3 is 2.50 bits per heavy atom. The second-order valence-electron chi connectivity index (χ2n) is 6.76. The van der Waals surface area contributed by atoms with Gasteiger partial charge < -0.3 is 15.4 Å². The van der Waals surface area contributed by atoms with Crippen molar-refractivity contribution in [3.63, 3.8) is 0 Å². The average Bonchev–Trinajstić information content (AvgIpc) is 2.79. The molecule has 0 aliphatic carbocycles. The standard InChI is InChI=1S/C24H21F2N3O3/c25-19-7-3-18(4-8-19)15-24(31)29-13-12-28-23(30)10-6-17-5-9-22(21(26)14-17)32-20-2-1-11-27-16-20/h1-11,14,16H,12-13,15H2,(H,28,30)(H,29,31)/b10-6+. The minimum atomic E-state index is -0.569. The quantitative estimate of drug-likeness (QED) is 0.396. The third-order valence-corrected chi connectivity index (χ3v) is 4.27. The van der Waals surface area contributed by atoms with Crippen molar-refractivity contribution in [1.82, 2.24) is 15.6 Å². The fraction of sp³-hybridized carbons (Fsp3) is 0.125. The van der Waals surface area contributed by atoms with Gasteiger partial charge in [0.1, 0.15) is 11.6 Å². The number of ether oxygens (including phenoxy) is 1. The number of hydrogen-bond acceptors (Lipinski definition) is 4. The van der Waals surface area contributed by atoms with E-state index >= 15 is 0 Å². The molecule has 0 bridgehead atoms. The molecular formula is C24H21F2N3O3. The van der Waals surface area contributed by atoms with E-state index in [4.69, 9.17) is 4.74 Å². The Labute approximate surface area is 183 Å². The number of pyridine rings is 1. The van der Waals surface area contributed by atoms with E-state index in [2.05, 4.69) is 15.6 Å². The summed E-state index contributed by atoms with van der Waals surface area (Å²) in [5, 5.41) is 5.29. The van der Waals surface area contributed by atoms with Gasteiger partial charge >= 0.3 is 0 Å². The first kappa shape index (κ1) is 22.6. The van der Waals surface area contributed by atoms with Gasteiger partial charge in [-0.05, 0) is 53.6 Å². The van der Waals surface area contributed by atoms with Crippen LogP contribution in [0.25, 0.3) is 6.08 Å². The molecule has 0 aliphatic rings. The molecule has 1 aromatic heterocycles. The Hall–Kier alpha value is -4.07. The fourth-order valence-electron chi connectivity index (χ4n) is 2.71. The first-order chi connectivity index (χ1) is 15.5. The molecule has 0 unspecified atom stereocenters. The fourth-order valence-corrected chi connectivity index (χ4v) is 2.71. The first-order valence-electron chi connectivity index (χ1n) is 9.84. The van der Waals surface area contributed by atoms with Crippen molar-refractivity contribution in [3.05, 3.63) is 95.8 Å². The van der Waals surface area contributed by atoms with Crippen molar-refractivity contribution in [2.45, 2.75) is 6.42 Å². The van der Waals surface area contributed by atoms with Crippen molar-refractivity contribution in [2.24, 2.45) is 0 Å². The lowest BCUT2D eigenvalue weighted by Crippen LogP contribution is -2.34. The van der Waals surface area contributed by atoms with Gasteiger partial charge in [0.05, 0.1) is 12.6 Å². The Bertz CT molecular complexity index is 1090. The molecule has 164 valence electrons. The zero-order valence-corrected chi connectivity index (χ0v) is 17.1. The zero-order valence-electron chi connectivity index (χ0n) is 17.1. The van der Waals surface area contributed by atoms with Gasteiger partial charge in [-0.1, -0.05) is 18.2 Å². The number of amides is 2. The van der Waals surface area contributed by atoms with Crippen LogP contribution in [0.5, 0.6) is 11.5 Å². The maximum atomic E-state index is 14.2. The van der Waals surface area contributed by atoms with E-state index in [9.17, 15) is 18.4 Å². The van der Waals surface area contributed by atoms with Crippen LogP contribution in [0.2, 0.25) is 0 Å². The third-order valence-electron chi connectivity index (χ3n) is 4.27. The normalized spacial score (nSPS) is 10.7. The molecule has 0 saturated heterocycles. The molecule has 0 fully saturated rings. The van der Waals surface area contributed by atoms with Crippen LogP contribution in [0, 0.1) is 11.6 Å². The molecule has 8 heteroatoms. The van der Waals surface area contributed by atoms with Crippen LogP contribution in [0.4, 0.5) is 8.78 Å². The number of nitrogens with one attached hydrogen (secondary N) is 2. The van der Waals surface area contributed by atoms with E-state index < -0.39 is 5.82 Å². The van der Waals surface area contributed by atoms with E-state index in [0.717, 1.165) is 0 Å². The van der Waals surface area contributed by atoms with Gasteiger partial charge in [0, 0.05) is 25.4 Å². The monoisotopic (exact) mass is 437 g/mol. The number of nitrogens with zero attached hydrogens (tertiary/aromatic N) is 1. The van der Waals surface area contributed by atoms with Crippen LogP contribution < -0.4 is 15.4 Å². The molecule has 2 aromatic carbocycles. The molecule has 0 atom stereocenters. The van der Waals surface area contributed by atoms with Crippen molar-refractivity contribution < 1.29 is 23.1 Å². The van der Waals surface area contributed by atoms with E-state index in [0.29, 0.717) is 16.9 Å². The van der Waals surface area contributed by atoms with Crippen LogP contribution >= 0.6 is 0 Å². The lowest BCUT2D eigenvalue weighted by Gasteiger charge is -2.07. The summed E-state index contributed by atoms with van der Waals surface area (Å²) < 4.78 is 32.5. The molecule has 0 saturated carbocycles. The Morgan fingerprint density at radius 1 is 1.00 bits per heavy atom. The largest absolute Gasteiger partial charge is 0.453 e. The summed E-state index contributed by atoms with van der Waals surface area (Å²) in [4.78, 5) is 27.7. The van der Waals surface area contributed by atoms with Crippen LogP contribution in [-0.4, -0.2) is 29.9 Å². The SMILES string of the molecule is O=C(/C=C/c1ccc(Oc2cccnc2)c(F)c1)NCCNC(=O)Cc1ccc(F)cc1. The average molecular weight is 437 g/mol. The number of rotatable bonds is 9. The van der Waals surface area contributed by atoms with Crippen molar-refractivity contribution in [2.75, 3.05) is 13.1 Å². The maximum absolute atomic E-state index is 14.2. The molecule has 2 N–H and O–H groups in total. The van der Waals surface area contributed by atoms with Crippen LogP contribution in [0.15, 0.2) is 73.1 Å². The summed E-state index contributed by atoms with van der Waals surface area (Å²) >= 11 is 0.